The molecule has 0 fully saturated rings. The molecule has 0 saturated carbocycles. The SMILES string of the molecule is CCS(=O)(=O)NC(=O)CCOCc1ccccc1.[HH]. The molecule has 0 aliphatic rings. The molecule has 0 unspecified atom stereocenters. The van der Waals surface area contributed by atoms with Gasteiger partial charge in [0, 0.05) is 1.43 Å². The van der Waals surface area contributed by atoms with Crippen LogP contribution in [0.15, 0.2) is 30.3 Å². The zero-order valence-corrected chi connectivity index (χ0v) is 11.1. The highest BCUT2D eigenvalue weighted by molar-refractivity contribution is 7.90. The lowest BCUT2D eigenvalue weighted by Crippen LogP contribution is -2.32. The number of amides is 1. The summed E-state index contributed by atoms with van der Waals surface area (Å²) in [7, 11) is -3.46. The van der Waals surface area contributed by atoms with Crippen LogP contribution in [0, 0.1) is 0 Å². The second-order valence-corrected chi connectivity index (χ2v) is 5.73. The molecule has 6 heteroatoms. The molecule has 0 spiro atoms. The fourth-order valence-electron chi connectivity index (χ4n) is 1.23. The minimum atomic E-state index is -3.46. The summed E-state index contributed by atoms with van der Waals surface area (Å²) in [6.45, 7) is 2.08. The zero-order chi connectivity index (χ0) is 13.4. The lowest BCUT2D eigenvalue weighted by Gasteiger charge is -2.05. The fraction of sp³-hybridized carbons (Fsp3) is 0.417. The molecule has 0 radical (unpaired) electrons. The molecule has 102 valence electrons. The summed E-state index contributed by atoms with van der Waals surface area (Å²) in [5, 5.41) is 0. The van der Waals surface area contributed by atoms with Gasteiger partial charge in [0.1, 0.15) is 0 Å². The van der Waals surface area contributed by atoms with Crippen LogP contribution in [-0.4, -0.2) is 26.7 Å². The number of rotatable bonds is 7. The smallest absolute Gasteiger partial charge is 0.235 e. The van der Waals surface area contributed by atoms with Crippen molar-refractivity contribution in [3.63, 3.8) is 0 Å². The van der Waals surface area contributed by atoms with Crippen molar-refractivity contribution in [2.45, 2.75) is 20.0 Å². The van der Waals surface area contributed by atoms with Crippen LogP contribution >= 0.6 is 0 Å². The summed E-state index contributed by atoms with van der Waals surface area (Å²) in [6, 6.07) is 9.55. The van der Waals surface area contributed by atoms with E-state index in [1.807, 2.05) is 35.1 Å². The standard InChI is InChI=1S/C12H17NO4S.H2/c1-2-18(15,16)13-12(14)8-9-17-10-11-6-4-3-5-7-11;/h3-7H,2,8-10H2,1H3,(H,13,14);1H. The predicted molar refractivity (Wildman–Crippen MR) is 70.4 cm³/mol. The van der Waals surface area contributed by atoms with Crippen LogP contribution in [-0.2, 0) is 26.2 Å². The molecule has 0 aliphatic heterocycles. The number of nitrogens with one attached hydrogen (secondary N) is 1. The predicted octanol–water partition coefficient (Wildman–Crippen LogP) is 1.31. The fourth-order valence-corrected chi connectivity index (χ4v) is 1.82. The average molecular weight is 273 g/mol. The van der Waals surface area contributed by atoms with E-state index in [1.165, 1.54) is 6.92 Å². The van der Waals surface area contributed by atoms with Gasteiger partial charge in [-0.3, -0.25) is 9.52 Å². The first-order valence-corrected chi connectivity index (χ1v) is 7.33. The number of benzene rings is 1. The van der Waals surface area contributed by atoms with Crippen molar-refractivity contribution in [1.82, 2.24) is 4.72 Å². The van der Waals surface area contributed by atoms with Crippen LogP contribution in [0.25, 0.3) is 0 Å². The van der Waals surface area contributed by atoms with E-state index in [4.69, 9.17) is 4.74 Å². The molecular weight excluding hydrogens is 254 g/mol. The Balaban J connectivity index is 0.00000324. The van der Waals surface area contributed by atoms with E-state index in [2.05, 4.69) is 0 Å². The average Bonchev–Trinajstić information content (AvgIpc) is 2.35. The molecule has 0 atom stereocenters. The van der Waals surface area contributed by atoms with Crippen molar-refractivity contribution < 1.29 is 19.4 Å². The van der Waals surface area contributed by atoms with Crippen LogP contribution in [0.2, 0.25) is 0 Å². The summed E-state index contributed by atoms with van der Waals surface area (Å²) in [5.74, 6) is -0.645. The third-order valence-electron chi connectivity index (χ3n) is 2.23. The van der Waals surface area contributed by atoms with Crippen LogP contribution in [0.3, 0.4) is 0 Å². The van der Waals surface area contributed by atoms with Crippen LogP contribution in [0.1, 0.15) is 20.3 Å². The summed E-state index contributed by atoms with van der Waals surface area (Å²) in [4.78, 5) is 11.3. The summed E-state index contributed by atoms with van der Waals surface area (Å²) < 4.78 is 29.4. The molecule has 1 rings (SSSR count). The Labute approximate surface area is 109 Å². The number of sulfonamides is 1. The summed E-state index contributed by atoms with van der Waals surface area (Å²) in [6.07, 6.45) is 0.0338. The maximum Gasteiger partial charge on any atom is 0.235 e. The van der Waals surface area contributed by atoms with Crippen LogP contribution in [0.4, 0.5) is 0 Å². The minimum Gasteiger partial charge on any atom is -0.376 e. The van der Waals surface area contributed by atoms with Gasteiger partial charge in [0.2, 0.25) is 15.9 Å². The van der Waals surface area contributed by atoms with E-state index in [-0.39, 0.29) is 20.2 Å². The number of carbonyl (C=O) groups excluding carboxylic acids is 1. The summed E-state index contributed by atoms with van der Waals surface area (Å²) >= 11 is 0. The highest BCUT2D eigenvalue weighted by Gasteiger charge is 2.11. The number of ether oxygens (including phenoxy) is 1. The van der Waals surface area contributed by atoms with Crippen molar-refractivity contribution in [1.29, 1.82) is 0 Å². The van der Waals surface area contributed by atoms with Gasteiger partial charge in [0.15, 0.2) is 0 Å². The molecule has 0 bridgehead atoms. The highest BCUT2D eigenvalue weighted by Crippen LogP contribution is 2.00. The van der Waals surface area contributed by atoms with Crippen molar-refractivity contribution in [3.8, 4) is 0 Å². The van der Waals surface area contributed by atoms with Gasteiger partial charge in [-0.25, -0.2) is 8.42 Å². The molecule has 5 nitrogen and oxygen atoms in total. The Kier molecular flexibility index (Phi) is 5.80. The molecule has 0 aromatic heterocycles. The van der Waals surface area contributed by atoms with Crippen molar-refractivity contribution in [2.24, 2.45) is 0 Å². The molecule has 0 aliphatic carbocycles. The first-order chi connectivity index (χ1) is 8.53. The summed E-state index contributed by atoms with van der Waals surface area (Å²) in [5.41, 5.74) is 1.01. The number of hydrogen-bond donors (Lipinski definition) is 1. The lowest BCUT2D eigenvalue weighted by atomic mass is 10.2. The number of carbonyl (C=O) groups is 1. The van der Waals surface area contributed by atoms with Gasteiger partial charge in [-0.05, 0) is 12.5 Å². The van der Waals surface area contributed by atoms with E-state index >= 15 is 0 Å². The molecule has 1 aromatic carbocycles. The second kappa shape index (κ2) is 7.13. The molecule has 18 heavy (non-hydrogen) atoms. The van der Waals surface area contributed by atoms with Crippen molar-refractivity contribution in [2.75, 3.05) is 12.4 Å². The van der Waals surface area contributed by atoms with Gasteiger partial charge in [0.05, 0.1) is 25.4 Å². The topological polar surface area (TPSA) is 72.5 Å². The van der Waals surface area contributed by atoms with E-state index in [0.717, 1.165) is 5.56 Å². The lowest BCUT2D eigenvalue weighted by molar-refractivity contribution is -0.120. The highest BCUT2D eigenvalue weighted by atomic mass is 32.2. The van der Waals surface area contributed by atoms with Gasteiger partial charge >= 0.3 is 0 Å². The van der Waals surface area contributed by atoms with E-state index < -0.39 is 15.9 Å². The molecule has 1 N–H and O–H groups in total. The Morgan fingerprint density at radius 1 is 1.33 bits per heavy atom. The third-order valence-corrected chi connectivity index (χ3v) is 3.53. The molecule has 1 aromatic rings. The van der Waals surface area contributed by atoms with Gasteiger partial charge in [-0.2, -0.15) is 0 Å². The third kappa shape index (κ3) is 5.79. The molecular formula is C12H19NO4S. The Bertz CT molecular complexity index is 476. The second-order valence-electron chi connectivity index (χ2n) is 3.72. The number of hydrogen-bond acceptors (Lipinski definition) is 4. The van der Waals surface area contributed by atoms with Crippen molar-refractivity contribution >= 4 is 15.9 Å². The Morgan fingerprint density at radius 2 is 2.00 bits per heavy atom. The van der Waals surface area contributed by atoms with Gasteiger partial charge in [0.25, 0.3) is 0 Å². The molecule has 0 saturated heterocycles. The molecule has 0 heterocycles. The van der Waals surface area contributed by atoms with Gasteiger partial charge < -0.3 is 4.74 Å². The van der Waals surface area contributed by atoms with Gasteiger partial charge in [-0.15, -0.1) is 0 Å². The Hall–Kier alpha value is -1.40. The first kappa shape index (κ1) is 14.7. The molecule has 1 amide bonds. The Morgan fingerprint density at radius 3 is 2.61 bits per heavy atom. The normalized spacial score (nSPS) is 11.2. The quantitative estimate of drug-likeness (QED) is 0.760. The first-order valence-electron chi connectivity index (χ1n) is 5.68. The van der Waals surface area contributed by atoms with E-state index in [1.54, 1.807) is 0 Å². The van der Waals surface area contributed by atoms with Gasteiger partial charge in [-0.1, -0.05) is 30.3 Å². The van der Waals surface area contributed by atoms with Crippen molar-refractivity contribution in [3.05, 3.63) is 35.9 Å². The van der Waals surface area contributed by atoms with Crippen LogP contribution < -0.4 is 4.72 Å². The monoisotopic (exact) mass is 273 g/mol. The largest absolute Gasteiger partial charge is 0.376 e. The van der Waals surface area contributed by atoms with Crippen LogP contribution in [0.5, 0.6) is 0 Å². The van der Waals surface area contributed by atoms with E-state index in [0.29, 0.717) is 6.61 Å². The maximum absolute atomic E-state index is 11.3. The zero-order valence-electron chi connectivity index (χ0n) is 10.3. The van der Waals surface area contributed by atoms with E-state index in [9.17, 15) is 13.2 Å². The maximum atomic E-state index is 11.3. The minimum absolute atomic E-state index is 0.